The SMILES string of the molecule is CN=C(NCCc1nnc2ccccn12)NCc1cccc(C(F)(F)F)c1.I. The molecule has 0 amide bonds. The summed E-state index contributed by atoms with van der Waals surface area (Å²) >= 11 is 0. The Kier molecular flexibility index (Phi) is 7.61. The average Bonchev–Trinajstić information content (AvgIpc) is 3.07. The number of pyridine rings is 1. The zero-order valence-corrected chi connectivity index (χ0v) is 17.4. The molecule has 0 bridgehead atoms. The van der Waals surface area contributed by atoms with E-state index in [9.17, 15) is 13.2 Å². The molecule has 0 saturated carbocycles. The van der Waals surface area contributed by atoms with Crippen molar-refractivity contribution >= 4 is 35.6 Å². The summed E-state index contributed by atoms with van der Waals surface area (Å²) in [5.41, 5.74) is 0.638. The molecular weight excluding hydrogens is 484 g/mol. The van der Waals surface area contributed by atoms with Crippen molar-refractivity contribution in [1.29, 1.82) is 0 Å². The lowest BCUT2D eigenvalue weighted by Gasteiger charge is -2.13. The molecule has 3 rings (SSSR count). The number of alkyl halides is 3. The van der Waals surface area contributed by atoms with E-state index in [1.807, 2.05) is 28.8 Å². The van der Waals surface area contributed by atoms with Gasteiger partial charge in [0.05, 0.1) is 5.56 Å². The number of nitrogens with one attached hydrogen (secondary N) is 2. The van der Waals surface area contributed by atoms with E-state index in [0.717, 1.165) is 23.6 Å². The minimum absolute atomic E-state index is 0. The van der Waals surface area contributed by atoms with Gasteiger partial charge in [-0.15, -0.1) is 34.2 Å². The molecule has 2 N–H and O–H groups in total. The molecule has 3 aromatic rings. The van der Waals surface area contributed by atoms with Gasteiger partial charge in [-0.3, -0.25) is 9.39 Å². The van der Waals surface area contributed by atoms with Crippen LogP contribution < -0.4 is 10.6 Å². The third-order valence-electron chi connectivity index (χ3n) is 3.96. The maximum atomic E-state index is 12.8. The van der Waals surface area contributed by atoms with E-state index in [2.05, 4.69) is 25.8 Å². The predicted molar refractivity (Wildman–Crippen MR) is 112 cm³/mol. The van der Waals surface area contributed by atoms with E-state index in [4.69, 9.17) is 0 Å². The maximum Gasteiger partial charge on any atom is 0.416 e. The summed E-state index contributed by atoms with van der Waals surface area (Å²) in [6, 6.07) is 10.9. The lowest BCUT2D eigenvalue weighted by molar-refractivity contribution is -0.137. The quantitative estimate of drug-likeness (QED) is 0.318. The molecule has 0 radical (unpaired) electrons. The van der Waals surface area contributed by atoms with Crippen LogP contribution in [0.1, 0.15) is 17.0 Å². The van der Waals surface area contributed by atoms with Crippen molar-refractivity contribution in [2.45, 2.75) is 19.1 Å². The molecule has 0 unspecified atom stereocenters. The number of halogens is 4. The van der Waals surface area contributed by atoms with E-state index in [1.165, 1.54) is 6.07 Å². The van der Waals surface area contributed by atoms with Crippen molar-refractivity contribution in [2.75, 3.05) is 13.6 Å². The smallest absolute Gasteiger partial charge is 0.356 e. The second-order valence-corrected chi connectivity index (χ2v) is 5.85. The van der Waals surface area contributed by atoms with Crippen molar-refractivity contribution < 1.29 is 13.2 Å². The molecule has 1 aromatic carbocycles. The fourth-order valence-electron chi connectivity index (χ4n) is 2.62. The molecule has 28 heavy (non-hydrogen) atoms. The Morgan fingerprint density at radius 2 is 1.93 bits per heavy atom. The Morgan fingerprint density at radius 3 is 2.68 bits per heavy atom. The first-order valence-corrected chi connectivity index (χ1v) is 8.36. The predicted octanol–water partition coefficient (Wildman–Crippen LogP) is 3.27. The molecule has 2 heterocycles. The number of fused-ring (bicyclic) bond motifs is 1. The lowest BCUT2D eigenvalue weighted by atomic mass is 10.1. The van der Waals surface area contributed by atoms with E-state index < -0.39 is 11.7 Å². The van der Waals surface area contributed by atoms with Gasteiger partial charge in [0.2, 0.25) is 0 Å². The number of hydrogen-bond donors (Lipinski definition) is 2. The summed E-state index contributed by atoms with van der Waals surface area (Å²) in [5, 5.41) is 14.4. The summed E-state index contributed by atoms with van der Waals surface area (Å²) in [4.78, 5) is 4.08. The third-order valence-corrected chi connectivity index (χ3v) is 3.96. The van der Waals surface area contributed by atoms with Gasteiger partial charge < -0.3 is 10.6 Å². The molecule has 0 fully saturated rings. The van der Waals surface area contributed by atoms with Crippen LogP contribution in [0.5, 0.6) is 0 Å². The van der Waals surface area contributed by atoms with Gasteiger partial charge in [-0.1, -0.05) is 18.2 Å². The lowest BCUT2D eigenvalue weighted by Crippen LogP contribution is -2.38. The standard InChI is InChI=1S/C18H19F3N6.HI/c1-22-17(24-12-13-5-4-6-14(11-13)18(19,20)21)23-9-8-16-26-25-15-7-2-3-10-27(15)16;/h2-7,10-11H,8-9,12H2,1H3,(H2,22,23,24);1H. The molecular formula is C18H20F3IN6. The van der Waals surface area contributed by atoms with Crippen LogP contribution in [0.15, 0.2) is 53.7 Å². The minimum atomic E-state index is -4.35. The van der Waals surface area contributed by atoms with Crippen molar-refractivity contribution in [3.05, 3.63) is 65.6 Å². The molecule has 0 aliphatic carbocycles. The van der Waals surface area contributed by atoms with Gasteiger partial charge in [0.1, 0.15) is 5.82 Å². The van der Waals surface area contributed by atoms with Gasteiger partial charge in [-0.2, -0.15) is 13.2 Å². The number of rotatable bonds is 5. The highest BCUT2D eigenvalue weighted by Gasteiger charge is 2.30. The Hall–Kier alpha value is -2.37. The second-order valence-electron chi connectivity index (χ2n) is 5.85. The molecule has 6 nitrogen and oxygen atoms in total. The zero-order valence-electron chi connectivity index (χ0n) is 15.1. The Bertz CT molecular complexity index is 938. The normalized spacial score (nSPS) is 11.9. The summed E-state index contributed by atoms with van der Waals surface area (Å²) in [6.45, 7) is 0.787. The summed E-state index contributed by atoms with van der Waals surface area (Å²) in [6.07, 6.45) is -1.84. The molecule has 2 aromatic heterocycles. The average molecular weight is 504 g/mol. The monoisotopic (exact) mass is 504 g/mol. The van der Waals surface area contributed by atoms with Gasteiger partial charge in [-0.25, -0.2) is 0 Å². The van der Waals surface area contributed by atoms with Crippen LogP contribution in [0.4, 0.5) is 13.2 Å². The highest BCUT2D eigenvalue weighted by Crippen LogP contribution is 2.29. The van der Waals surface area contributed by atoms with E-state index in [0.29, 0.717) is 24.5 Å². The molecule has 0 atom stereocenters. The maximum absolute atomic E-state index is 12.8. The molecule has 10 heteroatoms. The van der Waals surface area contributed by atoms with Crippen LogP contribution in [-0.4, -0.2) is 34.2 Å². The largest absolute Gasteiger partial charge is 0.416 e. The number of hydrogen-bond acceptors (Lipinski definition) is 3. The molecule has 150 valence electrons. The molecule has 0 aliphatic rings. The number of benzene rings is 1. The fraction of sp³-hybridized carbons (Fsp3) is 0.278. The molecule has 0 aliphatic heterocycles. The zero-order chi connectivity index (χ0) is 19.3. The summed E-state index contributed by atoms with van der Waals surface area (Å²) in [7, 11) is 1.61. The van der Waals surface area contributed by atoms with Gasteiger partial charge in [-0.05, 0) is 29.8 Å². The topological polar surface area (TPSA) is 66.6 Å². The van der Waals surface area contributed by atoms with Crippen molar-refractivity contribution in [2.24, 2.45) is 4.99 Å². The van der Waals surface area contributed by atoms with Crippen molar-refractivity contribution in [3.8, 4) is 0 Å². The minimum Gasteiger partial charge on any atom is -0.356 e. The Balaban J connectivity index is 0.00000280. The number of aromatic nitrogens is 3. The van der Waals surface area contributed by atoms with Crippen LogP contribution >= 0.6 is 24.0 Å². The molecule has 0 saturated heterocycles. The van der Waals surface area contributed by atoms with Crippen molar-refractivity contribution in [1.82, 2.24) is 25.2 Å². The highest BCUT2D eigenvalue weighted by atomic mass is 127. The van der Waals surface area contributed by atoms with Crippen LogP contribution in [0.2, 0.25) is 0 Å². The summed E-state index contributed by atoms with van der Waals surface area (Å²) < 4.78 is 40.2. The van der Waals surface area contributed by atoms with Crippen LogP contribution in [0.25, 0.3) is 5.65 Å². The van der Waals surface area contributed by atoms with E-state index >= 15 is 0 Å². The van der Waals surface area contributed by atoms with Crippen LogP contribution in [-0.2, 0) is 19.1 Å². The first-order chi connectivity index (χ1) is 13.0. The Labute approximate surface area is 177 Å². The third kappa shape index (κ3) is 5.57. The van der Waals surface area contributed by atoms with Gasteiger partial charge >= 0.3 is 6.18 Å². The van der Waals surface area contributed by atoms with Gasteiger partial charge in [0.15, 0.2) is 11.6 Å². The Morgan fingerprint density at radius 1 is 1.11 bits per heavy atom. The first kappa shape index (κ1) is 21.9. The summed E-state index contributed by atoms with van der Waals surface area (Å²) in [5.74, 6) is 1.31. The van der Waals surface area contributed by atoms with E-state index in [-0.39, 0.29) is 30.5 Å². The van der Waals surface area contributed by atoms with Crippen LogP contribution in [0, 0.1) is 0 Å². The second kappa shape index (κ2) is 9.71. The van der Waals surface area contributed by atoms with Crippen molar-refractivity contribution in [3.63, 3.8) is 0 Å². The number of aliphatic imine (C=N–C) groups is 1. The van der Waals surface area contributed by atoms with Gasteiger partial charge in [0.25, 0.3) is 0 Å². The number of nitrogens with zero attached hydrogens (tertiary/aromatic N) is 4. The van der Waals surface area contributed by atoms with Gasteiger partial charge in [0, 0.05) is 32.8 Å². The van der Waals surface area contributed by atoms with Crippen LogP contribution in [0.3, 0.4) is 0 Å². The van der Waals surface area contributed by atoms with E-state index in [1.54, 1.807) is 13.1 Å². The fourth-order valence-corrected chi connectivity index (χ4v) is 2.62. The first-order valence-electron chi connectivity index (χ1n) is 8.36. The molecule has 0 spiro atoms. The highest BCUT2D eigenvalue weighted by molar-refractivity contribution is 14.0. The number of guanidine groups is 1.